The molecule has 2 amide bonds. The molecule has 0 spiro atoms. The second-order valence-electron chi connectivity index (χ2n) is 7.38. The van der Waals surface area contributed by atoms with Crippen molar-refractivity contribution in [3.05, 3.63) is 58.9 Å². The van der Waals surface area contributed by atoms with Crippen molar-refractivity contribution in [3.63, 3.8) is 0 Å². The van der Waals surface area contributed by atoms with Gasteiger partial charge in [-0.25, -0.2) is 0 Å². The summed E-state index contributed by atoms with van der Waals surface area (Å²) in [4.78, 5) is 27.9. The fraction of sp³-hybridized carbons (Fsp3) is 0.364. The van der Waals surface area contributed by atoms with Crippen molar-refractivity contribution in [2.45, 2.75) is 39.6 Å². The number of hydrogen-bond donors (Lipinski definition) is 0. The summed E-state index contributed by atoms with van der Waals surface area (Å²) in [5.41, 5.74) is 1.18. The predicted molar refractivity (Wildman–Crippen MR) is 111 cm³/mol. The Labute approximate surface area is 169 Å². The molecule has 0 saturated heterocycles. The Morgan fingerprint density at radius 2 is 1.75 bits per heavy atom. The molecular weight excluding hydrogens is 374 g/mol. The molecule has 2 heterocycles. The van der Waals surface area contributed by atoms with Crippen LogP contribution in [0.1, 0.15) is 39.0 Å². The molecule has 2 aromatic rings. The molecule has 0 N–H and O–H groups in total. The van der Waals surface area contributed by atoms with Crippen molar-refractivity contribution in [2.24, 2.45) is 5.92 Å². The molecule has 6 heteroatoms. The zero-order valence-electron chi connectivity index (χ0n) is 16.6. The topological polar surface area (TPSA) is 59.8 Å². The first-order chi connectivity index (χ1) is 13.4. The van der Waals surface area contributed by atoms with E-state index in [2.05, 4.69) is 0 Å². The highest BCUT2D eigenvalue weighted by Crippen LogP contribution is 2.38. The van der Waals surface area contributed by atoms with E-state index in [1.165, 1.54) is 16.7 Å². The highest BCUT2D eigenvalue weighted by molar-refractivity contribution is 8.03. The lowest BCUT2D eigenvalue weighted by atomic mass is 10.1. The van der Waals surface area contributed by atoms with Crippen molar-refractivity contribution in [1.82, 2.24) is 4.90 Å². The molecular formula is C22H25NO4S. The lowest BCUT2D eigenvalue weighted by molar-refractivity contribution is -0.137. The van der Waals surface area contributed by atoms with Gasteiger partial charge in [0.1, 0.15) is 11.5 Å². The van der Waals surface area contributed by atoms with Crippen LogP contribution in [0.25, 0.3) is 5.57 Å². The summed E-state index contributed by atoms with van der Waals surface area (Å²) in [5, 5.41) is 0. The second kappa shape index (κ2) is 8.69. The number of imide groups is 1. The maximum absolute atomic E-state index is 13.1. The Hall–Kier alpha value is -2.47. The number of ether oxygens (including phenoxy) is 1. The van der Waals surface area contributed by atoms with Crippen LogP contribution in [0.15, 0.2) is 52.0 Å². The van der Waals surface area contributed by atoms with Crippen LogP contribution < -0.4 is 4.74 Å². The molecule has 3 rings (SSSR count). The average molecular weight is 400 g/mol. The van der Waals surface area contributed by atoms with Crippen molar-refractivity contribution >= 4 is 29.1 Å². The number of hydrogen-bond acceptors (Lipinski definition) is 5. The van der Waals surface area contributed by atoms with E-state index in [4.69, 9.17) is 9.15 Å². The van der Waals surface area contributed by atoms with E-state index in [1.54, 1.807) is 6.26 Å². The van der Waals surface area contributed by atoms with E-state index in [-0.39, 0.29) is 23.8 Å². The van der Waals surface area contributed by atoms with Gasteiger partial charge in [-0.1, -0.05) is 26.0 Å². The summed E-state index contributed by atoms with van der Waals surface area (Å²) in [6.07, 6.45) is 1.67. The third kappa shape index (κ3) is 4.50. The Kier molecular flexibility index (Phi) is 6.29. The van der Waals surface area contributed by atoms with Gasteiger partial charge in [0.25, 0.3) is 11.8 Å². The smallest absolute Gasteiger partial charge is 0.268 e. The molecule has 0 aliphatic carbocycles. The number of carbonyl (C=O) groups is 2. The first-order valence-electron chi connectivity index (χ1n) is 9.39. The molecule has 0 radical (unpaired) electrons. The minimum atomic E-state index is -0.238. The maximum Gasteiger partial charge on any atom is 0.268 e. The summed E-state index contributed by atoms with van der Waals surface area (Å²) in [5.74, 6) is 1.73. The standard InChI is InChI=1S/C22H25NO4S/c1-14(2)12-23-21(24)19(16-7-9-17(10-8-16)27-15(3)4)20(22(23)25)28-13-18-6-5-11-26-18/h5-11,14-15H,12-13H2,1-4H3. The third-order valence-corrected chi connectivity index (χ3v) is 5.22. The van der Waals surface area contributed by atoms with Gasteiger partial charge in [0.05, 0.1) is 28.6 Å². The van der Waals surface area contributed by atoms with Crippen molar-refractivity contribution in [2.75, 3.05) is 6.54 Å². The molecule has 5 nitrogen and oxygen atoms in total. The molecule has 1 aromatic carbocycles. The largest absolute Gasteiger partial charge is 0.491 e. The molecule has 1 aliphatic rings. The number of benzene rings is 1. The fourth-order valence-electron chi connectivity index (χ4n) is 2.98. The van der Waals surface area contributed by atoms with E-state index in [0.29, 0.717) is 22.8 Å². The highest BCUT2D eigenvalue weighted by Gasteiger charge is 2.39. The first-order valence-corrected chi connectivity index (χ1v) is 10.4. The van der Waals surface area contributed by atoms with Gasteiger partial charge >= 0.3 is 0 Å². The monoisotopic (exact) mass is 399 g/mol. The van der Waals surface area contributed by atoms with E-state index < -0.39 is 0 Å². The molecule has 1 aromatic heterocycles. The minimum Gasteiger partial charge on any atom is -0.491 e. The maximum atomic E-state index is 13.1. The second-order valence-corrected chi connectivity index (χ2v) is 8.36. The minimum absolute atomic E-state index is 0.0701. The quantitative estimate of drug-likeness (QED) is 0.600. The summed E-state index contributed by atoms with van der Waals surface area (Å²) >= 11 is 1.34. The Morgan fingerprint density at radius 3 is 2.32 bits per heavy atom. The van der Waals surface area contributed by atoms with Crippen LogP contribution in [0.5, 0.6) is 5.75 Å². The highest BCUT2D eigenvalue weighted by atomic mass is 32.2. The number of nitrogens with zero attached hydrogens (tertiary/aromatic N) is 1. The molecule has 1 aliphatic heterocycles. The van der Waals surface area contributed by atoms with Gasteiger partial charge in [0.15, 0.2) is 0 Å². The van der Waals surface area contributed by atoms with E-state index in [9.17, 15) is 9.59 Å². The fourth-order valence-corrected chi connectivity index (χ4v) is 4.02. The Bertz CT molecular complexity index is 866. The Morgan fingerprint density at radius 1 is 1.04 bits per heavy atom. The van der Waals surface area contributed by atoms with Crippen LogP contribution in [-0.4, -0.2) is 29.4 Å². The molecule has 0 bridgehead atoms. The van der Waals surface area contributed by atoms with Crippen molar-refractivity contribution < 1.29 is 18.7 Å². The lowest BCUT2D eigenvalue weighted by Gasteiger charge is -2.17. The number of furan rings is 1. The molecule has 0 saturated carbocycles. The number of amides is 2. The van der Waals surface area contributed by atoms with Gasteiger partial charge in [-0.2, -0.15) is 0 Å². The van der Waals surface area contributed by atoms with E-state index in [1.807, 2.05) is 64.1 Å². The van der Waals surface area contributed by atoms with E-state index >= 15 is 0 Å². The normalized spacial score (nSPS) is 14.7. The average Bonchev–Trinajstić information content (AvgIpc) is 3.22. The van der Waals surface area contributed by atoms with Crippen LogP contribution in [0.4, 0.5) is 0 Å². The summed E-state index contributed by atoms with van der Waals surface area (Å²) in [6, 6.07) is 11.0. The SMILES string of the molecule is CC(C)CN1C(=O)C(SCc2ccco2)=C(c2ccc(OC(C)C)cc2)C1=O. The van der Waals surface area contributed by atoms with Gasteiger partial charge < -0.3 is 9.15 Å². The number of thioether (sulfide) groups is 1. The number of rotatable bonds is 8. The predicted octanol–water partition coefficient (Wildman–Crippen LogP) is 4.74. The van der Waals surface area contributed by atoms with Gasteiger partial charge in [0, 0.05) is 6.54 Å². The number of carbonyl (C=O) groups excluding carboxylic acids is 2. The van der Waals surface area contributed by atoms with E-state index in [0.717, 1.165) is 17.1 Å². The lowest BCUT2D eigenvalue weighted by Crippen LogP contribution is -2.34. The molecule has 148 valence electrons. The zero-order chi connectivity index (χ0) is 20.3. The van der Waals surface area contributed by atoms with Gasteiger partial charge in [-0.05, 0) is 49.6 Å². The van der Waals surface area contributed by atoms with Crippen LogP contribution >= 0.6 is 11.8 Å². The summed E-state index contributed by atoms with van der Waals surface area (Å²) < 4.78 is 11.1. The van der Waals surface area contributed by atoms with Crippen LogP contribution in [-0.2, 0) is 15.3 Å². The molecule has 28 heavy (non-hydrogen) atoms. The van der Waals surface area contributed by atoms with Crippen LogP contribution in [0.2, 0.25) is 0 Å². The molecule has 0 unspecified atom stereocenters. The summed E-state index contributed by atoms with van der Waals surface area (Å²) in [7, 11) is 0. The van der Waals surface area contributed by atoms with Crippen molar-refractivity contribution in [3.8, 4) is 5.75 Å². The molecule has 0 fully saturated rings. The van der Waals surface area contributed by atoms with Gasteiger partial charge in [-0.15, -0.1) is 11.8 Å². The zero-order valence-corrected chi connectivity index (χ0v) is 17.4. The molecule has 0 atom stereocenters. The van der Waals surface area contributed by atoms with Gasteiger partial charge in [0.2, 0.25) is 0 Å². The third-order valence-electron chi connectivity index (χ3n) is 4.13. The first kappa shape index (κ1) is 20.3. The van der Waals surface area contributed by atoms with Gasteiger partial charge in [-0.3, -0.25) is 14.5 Å². The van der Waals surface area contributed by atoms with Crippen LogP contribution in [0, 0.1) is 5.92 Å². The summed E-state index contributed by atoms with van der Waals surface area (Å²) in [6.45, 7) is 8.31. The Balaban J connectivity index is 1.92. The van der Waals surface area contributed by atoms with Crippen molar-refractivity contribution in [1.29, 1.82) is 0 Å². The van der Waals surface area contributed by atoms with Crippen LogP contribution in [0.3, 0.4) is 0 Å².